The maximum absolute atomic E-state index is 14.0. The van der Waals surface area contributed by atoms with Crippen LogP contribution in [0.15, 0.2) is 42.5 Å². The standard InChI is InChI=1S/C24H29FN2O4.ClH.H2O/c1-29-22-16-18(17-23(30-2)24(22)31-3)8-9-19(28)10-11-26-12-14-27(15-13-26)21-7-5-4-6-20(21)25;;/h4-9,16-17H,10-15H2,1-3H3;1H;1H2/b9-8+;;. The molecule has 2 N–H and O–H groups in total. The van der Waals surface area contributed by atoms with Crippen LogP contribution in [0.1, 0.15) is 12.0 Å². The van der Waals surface area contributed by atoms with Gasteiger partial charge in [0.2, 0.25) is 5.75 Å². The lowest BCUT2D eigenvalue weighted by molar-refractivity contribution is -0.114. The van der Waals surface area contributed by atoms with Crippen molar-refractivity contribution in [1.29, 1.82) is 0 Å². The van der Waals surface area contributed by atoms with Crippen LogP contribution in [-0.4, -0.2) is 70.2 Å². The fraction of sp³-hybridized carbons (Fsp3) is 0.375. The molecular formula is C24H32ClFN2O5. The van der Waals surface area contributed by atoms with Gasteiger partial charge in [0, 0.05) is 39.1 Å². The summed E-state index contributed by atoms with van der Waals surface area (Å²) in [6.07, 6.45) is 3.76. The number of para-hydroxylation sites is 1. The maximum Gasteiger partial charge on any atom is 0.203 e. The van der Waals surface area contributed by atoms with E-state index in [1.807, 2.05) is 12.1 Å². The minimum atomic E-state index is -0.192. The molecule has 2 aromatic rings. The van der Waals surface area contributed by atoms with E-state index in [1.165, 1.54) is 6.07 Å². The molecule has 0 saturated carbocycles. The summed E-state index contributed by atoms with van der Waals surface area (Å²) in [5.74, 6) is 1.46. The summed E-state index contributed by atoms with van der Waals surface area (Å²) in [6.45, 7) is 3.78. The summed E-state index contributed by atoms with van der Waals surface area (Å²) >= 11 is 0. The molecule has 9 heteroatoms. The first kappa shape index (κ1) is 28.2. The zero-order chi connectivity index (χ0) is 22.2. The lowest BCUT2D eigenvalue weighted by Gasteiger charge is -2.36. The van der Waals surface area contributed by atoms with Crippen LogP contribution in [0.2, 0.25) is 0 Å². The number of methoxy groups -OCH3 is 3. The lowest BCUT2D eigenvalue weighted by atomic mass is 10.1. The van der Waals surface area contributed by atoms with Crippen molar-refractivity contribution in [3.8, 4) is 17.2 Å². The van der Waals surface area contributed by atoms with Crippen molar-refractivity contribution in [1.82, 2.24) is 4.90 Å². The predicted octanol–water partition coefficient (Wildman–Crippen LogP) is 3.24. The van der Waals surface area contributed by atoms with Gasteiger partial charge in [0.15, 0.2) is 17.3 Å². The molecule has 0 spiro atoms. The SMILES string of the molecule is COc1cc(/C=C/C(=O)CCN2CCN(c3ccccc3F)CC2)cc(OC)c1OC.Cl.O. The normalized spacial score (nSPS) is 13.8. The van der Waals surface area contributed by atoms with Gasteiger partial charge in [0.25, 0.3) is 0 Å². The minimum Gasteiger partial charge on any atom is -0.493 e. The van der Waals surface area contributed by atoms with Crippen LogP contribution in [0, 0.1) is 5.82 Å². The summed E-state index contributed by atoms with van der Waals surface area (Å²) in [5.41, 5.74) is 1.44. The Morgan fingerprint density at radius 2 is 1.61 bits per heavy atom. The first-order valence-electron chi connectivity index (χ1n) is 10.3. The van der Waals surface area contributed by atoms with Crippen LogP contribution in [0.5, 0.6) is 17.2 Å². The van der Waals surface area contributed by atoms with Gasteiger partial charge in [-0.25, -0.2) is 4.39 Å². The molecule has 7 nitrogen and oxygen atoms in total. The number of nitrogens with zero attached hydrogens (tertiary/aromatic N) is 2. The minimum absolute atomic E-state index is 0. The number of allylic oxidation sites excluding steroid dienone is 1. The van der Waals surface area contributed by atoms with E-state index in [0.717, 1.165) is 31.7 Å². The molecule has 33 heavy (non-hydrogen) atoms. The van der Waals surface area contributed by atoms with Crippen LogP contribution in [0.4, 0.5) is 10.1 Å². The number of benzene rings is 2. The average molecular weight is 483 g/mol. The highest BCUT2D eigenvalue weighted by Crippen LogP contribution is 2.38. The van der Waals surface area contributed by atoms with E-state index in [4.69, 9.17) is 14.2 Å². The van der Waals surface area contributed by atoms with Crippen LogP contribution in [0.3, 0.4) is 0 Å². The zero-order valence-corrected chi connectivity index (χ0v) is 20.0. The quantitative estimate of drug-likeness (QED) is 0.510. The molecule has 1 heterocycles. The third-order valence-electron chi connectivity index (χ3n) is 5.39. The molecule has 0 atom stereocenters. The van der Waals surface area contributed by atoms with Crippen molar-refractivity contribution in [2.45, 2.75) is 6.42 Å². The number of ether oxygens (including phenoxy) is 3. The molecule has 1 aliphatic rings. The Morgan fingerprint density at radius 1 is 1.00 bits per heavy atom. The highest BCUT2D eigenvalue weighted by molar-refractivity contribution is 5.93. The fourth-order valence-corrected chi connectivity index (χ4v) is 3.66. The molecule has 0 amide bonds. The molecule has 182 valence electrons. The molecule has 1 aliphatic heterocycles. The van der Waals surface area contributed by atoms with Crippen LogP contribution >= 0.6 is 12.4 Å². The Hall–Kier alpha value is -2.81. The Kier molecular flexibility index (Phi) is 11.7. The third-order valence-corrected chi connectivity index (χ3v) is 5.39. The largest absolute Gasteiger partial charge is 0.493 e. The number of rotatable bonds is 9. The summed E-state index contributed by atoms with van der Waals surface area (Å²) in [5, 5.41) is 0. The number of ketones is 1. The van der Waals surface area contributed by atoms with Gasteiger partial charge < -0.3 is 24.6 Å². The summed E-state index contributed by atoms with van der Waals surface area (Å²) in [7, 11) is 4.67. The van der Waals surface area contributed by atoms with Gasteiger partial charge in [-0.2, -0.15) is 0 Å². The average Bonchev–Trinajstić information content (AvgIpc) is 2.81. The summed E-state index contributed by atoms with van der Waals surface area (Å²) < 4.78 is 30.0. The monoisotopic (exact) mass is 482 g/mol. The van der Waals surface area contributed by atoms with E-state index in [2.05, 4.69) is 9.80 Å². The Bertz CT molecular complexity index is 908. The Labute approximate surface area is 200 Å². The van der Waals surface area contributed by atoms with E-state index in [0.29, 0.717) is 35.9 Å². The highest BCUT2D eigenvalue weighted by Gasteiger charge is 2.19. The van der Waals surface area contributed by atoms with Crippen molar-refractivity contribution >= 4 is 30.0 Å². The molecule has 3 rings (SSSR count). The van der Waals surface area contributed by atoms with E-state index in [1.54, 1.807) is 51.7 Å². The number of hydrogen-bond acceptors (Lipinski definition) is 6. The second-order valence-corrected chi connectivity index (χ2v) is 7.29. The number of carbonyl (C=O) groups excluding carboxylic acids is 1. The summed E-state index contributed by atoms with van der Waals surface area (Å²) in [4.78, 5) is 16.7. The van der Waals surface area contributed by atoms with Gasteiger partial charge in [-0.15, -0.1) is 12.4 Å². The number of halogens is 2. The van der Waals surface area contributed by atoms with Crippen molar-refractivity contribution in [2.24, 2.45) is 0 Å². The van der Waals surface area contributed by atoms with Crippen LogP contribution in [0.25, 0.3) is 6.08 Å². The molecule has 0 bridgehead atoms. The number of carbonyl (C=O) groups is 1. The van der Waals surface area contributed by atoms with Gasteiger partial charge >= 0.3 is 0 Å². The molecule has 0 aromatic heterocycles. The number of hydrogen-bond donors (Lipinski definition) is 0. The molecule has 0 aliphatic carbocycles. The smallest absolute Gasteiger partial charge is 0.203 e. The van der Waals surface area contributed by atoms with E-state index >= 15 is 0 Å². The van der Waals surface area contributed by atoms with Crippen molar-refractivity contribution in [2.75, 3.05) is 59.0 Å². The van der Waals surface area contributed by atoms with Gasteiger partial charge in [-0.05, 0) is 35.9 Å². The maximum atomic E-state index is 14.0. The Balaban J connectivity index is 0.00000272. The van der Waals surface area contributed by atoms with Crippen molar-refractivity contribution in [3.63, 3.8) is 0 Å². The van der Waals surface area contributed by atoms with Gasteiger partial charge in [-0.1, -0.05) is 18.2 Å². The van der Waals surface area contributed by atoms with Gasteiger partial charge in [0.1, 0.15) is 5.82 Å². The van der Waals surface area contributed by atoms with Crippen molar-refractivity contribution < 1.29 is 28.9 Å². The number of piperazine rings is 1. The first-order chi connectivity index (χ1) is 15.0. The first-order valence-corrected chi connectivity index (χ1v) is 10.3. The van der Waals surface area contributed by atoms with E-state index in [-0.39, 0.29) is 29.5 Å². The third kappa shape index (κ3) is 7.35. The highest BCUT2D eigenvalue weighted by atomic mass is 35.5. The molecular weight excluding hydrogens is 451 g/mol. The van der Waals surface area contributed by atoms with E-state index < -0.39 is 0 Å². The second-order valence-electron chi connectivity index (χ2n) is 7.29. The molecule has 0 radical (unpaired) electrons. The lowest BCUT2D eigenvalue weighted by Crippen LogP contribution is -2.47. The number of anilines is 1. The van der Waals surface area contributed by atoms with Crippen LogP contribution < -0.4 is 19.1 Å². The second kappa shape index (κ2) is 13.7. The topological polar surface area (TPSA) is 82.7 Å². The Morgan fingerprint density at radius 3 is 2.15 bits per heavy atom. The van der Waals surface area contributed by atoms with Gasteiger partial charge in [-0.3, -0.25) is 9.69 Å². The van der Waals surface area contributed by atoms with Crippen molar-refractivity contribution in [3.05, 3.63) is 53.9 Å². The molecule has 1 saturated heterocycles. The fourth-order valence-electron chi connectivity index (χ4n) is 3.66. The predicted molar refractivity (Wildman–Crippen MR) is 131 cm³/mol. The van der Waals surface area contributed by atoms with E-state index in [9.17, 15) is 9.18 Å². The molecule has 0 unspecified atom stereocenters. The summed E-state index contributed by atoms with van der Waals surface area (Å²) in [6, 6.07) is 10.4. The van der Waals surface area contributed by atoms with Crippen LogP contribution in [-0.2, 0) is 4.79 Å². The molecule has 1 fully saturated rings. The zero-order valence-electron chi connectivity index (χ0n) is 19.2. The molecule has 2 aromatic carbocycles. The van der Waals surface area contributed by atoms with Gasteiger partial charge in [0.05, 0.1) is 27.0 Å².